The third-order valence-electron chi connectivity index (χ3n) is 5.16. The lowest BCUT2D eigenvalue weighted by atomic mass is 9.99. The molecule has 21 heavy (non-hydrogen) atoms. The third kappa shape index (κ3) is 2.41. The molecule has 3 aliphatic rings. The van der Waals surface area contributed by atoms with Gasteiger partial charge in [-0.1, -0.05) is 0 Å². The maximum atomic E-state index is 12.9. The Kier molecular flexibility index (Phi) is 3.12. The highest BCUT2D eigenvalue weighted by atomic mass is 19.1. The van der Waals surface area contributed by atoms with Gasteiger partial charge in [0.25, 0.3) is 0 Å². The van der Waals surface area contributed by atoms with Crippen LogP contribution < -0.4 is 4.74 Å². The number of fused-ring (bicyclic) bond motifs is 2. The normalized spacial score (nSPS) is 30.7. The Morgan fingerprint density at radius 3 is 2.67 bits per heavy atom. The molecule has 1 aromatic rings. The molecule has 112 valence electrons. The van der Waals surface area contributed by atoms with Crippen molar-refractivity contribution in [1.82, 2.24) is 4.90 Å². The molecule has 1 aromatic carbocycles. The second-order valence-corrected chi connectivity index (χ2v) is 6.58. The Balaban J connectivity index is 1.44. The van der Waals surface area contributed by atoms with Crippen molar-refractivity contribution in [3.8, 4) is 5.75 Å². The van der Waals surface area contributed by atoms with E-state index in [0.717, 1.165) is 25.7 Å². The number of piperidine rings is 1. The van der Waals surface area contributed by atoms with Gasteiger partial charge in [-0.3, -0.25) is 4.79 Å². The van der Waals surface area contributed by atoms with Crippen molar-refractivity contribution >= 4 is 5.91 Å². The lowest BCUT2D eigenvalue weighted by Crippen LogP contribution is -2.48. The average molecular weight is 289 g/mol. The minimum atomic E-state index is -0.257. The van der Waals surface area contributed by atoms with Crippen molar-refractivity contribution < 1.29 is 13.9 Å². The molecule has 3 fully saturated rings. The summed E-state index contributed by atoms with van der Waals surface area (Å²) in [5.41, 5.74) is 0. The standard InChI is InChI=1S/C17H20FNO2/c18-13-4-7-15(8-5-13)21-10-16-12-3-6-14(9-12)19(16)17(20)11-1-2-11/h4-5,7-8,11-12,14,16H,1-3,6,9-10H2/t12?,14?,16-/m1/s1. The van der Waals surface area contributed by atoms with Gasteiger partial charge in [-0.2, -0.15) is 0 Å². The Morgan fingerprint density at radius 1 is 1.19 bits per heavy atom. The van der Waals surface area contributed by atoms with E-state index in [2.05, 4.69) is 4.90 Å². The SMILES string of the molecule is O=C(C1CC1)N1C2CCC(C2)[C@H]1COc1ccc(F)cc1. The van der Waals surface area contributed by atoms with Crippen LogP contribution in [-0.2, 0) is 4.79 Å². The van der Waals surface area contributed by atoms with E-state index in [1.165, 1.54) is 18.6 Å². The van der Waals surface area contributed by atoms with Gasteiger partial charge in [-0.15, -0.1) is 0 Å². The second kappa shape index (κ2) is 5.00. The quantitative estimate of drug-likeness (QED) is 0.853. The molecular formula is C17H20FNO2. The topological polar surface area (TPSA) is 29.5 Å². The van der Waals surface area contributed by atoms with Gasteiger partial charge in [0.15, 0.2) is 0 Å². The van der Waals surface area contributed by atoms with Gasteiger partial charge in [0.2, 0.25) is 5.91 Å². The molecule has 4 heteroatoms. The minimum Gasteiger partial charge on any atom is -0.491 e. The Hall–Kier alpha value is -1.58. The first-order valence-corrected chi connectivity index (χ1v) is 7.93. The Bertz CT molecular complexity index is 540. The van der Waals surface area contributed by atoms with Gasteiger partial charge in [0, 0.05) is 12.0 Å². The average Bonchev–Trinajstić information content (AvgIpc) is 3.16. The third-order valence-corrected chi connectivity index (χ3v) is 5.16. The fraction of sp³-hybridized carbons (Fsp3) is 0.588. The van der Waals surface area contributed by atoms with Crippen LogP contribution in [0.15, 0.2) is 24.3 Å². The predicted molar refractivity (Wildman–Crippen MR) is 76.4 cm³/mol. The first-order chi connectivity index (χ1) is 10.2. The lowest BCUT2D eigenvalue weighted by Gasteiger charge is -2.35. The van der Waals surface area contributed by atoms with E-state index in [1.54, 1.807) is 12.1 Å². The van der Waals surface area contributed by atoms with Crippen molar-refractivity contribution in [2.45, 2.75) is 44.2 Å². The fourth-order valence-electron chi connectivity index (χ4n) is 3.90. The van der Waals surface area contributed by atoms with Gasteiger partial charge < -0.3 is 9.64 Å². The number of carbonyl (C=O) groups excluding carboxylic acids is 1. The Morgan fingerprint density at radius 2 is 1.95 bits per heavy atom. The molecule has 4 rings (SSSR count). The summed E-state index contributed by atoms with van der Waals surface area (Å²) in [6.45, 7) is 0.533. The summed E-state index contributed by atoms with van der Waals surface area (Å²) in [5, 5.41) is 0. The minimum absolute atomic E-state index is 0.210. The summed E-state index contributed by atoms with van der Waals surface area (Å²) in [5.74, 6) is 1.62. The Labute approximate surface area is 124 Å². The van der Waals surface area contributed by atoms with E-state index >= 15 is 0 Å². The molecule has 3 nitrogen and oxygen atoms in total. The molecule has 0 aromatic heterocycles. The number of likely N-dealkylation sites (tertiary alicyclic amines) is 1. The number of hydrogen-bond donors (Lipinski definition) is 0. The van der Waals surface area contributed by atoms with Crippen molar-refractivity contribution in [2.75, 3.05) is 6.61 Å². The van der Waals surface area contributed by atoms with E-state index in [1.807, 2.05) is 0 Å². The molecule has 1 heterocycles. The largest absolute Gasteiger partial charge is 0.491 e. The molecule has 2 aliphatic carbocycles. The molecule has 2 unspecified atom stereocenters. The summed E-state index contributed by atoms with van der Waals surface area (Å²) in [4.78, 5) is 14.6. The van der Waals surface area contributed by atoms with E-state index in [9.17, 15) is 9.18 Å². The van der Waals surface area contributed by atoms with Crippen molar-refractivity contribution in [2.24, 2.45) is 11.8 Å². The van der Waals surface area contributed by atoms with Crippen LogP contribution in [0.25, 0.3) is 0 Å². The number of hydrogen-bond acceptors (Lipinski definition) is 2. The summed E-state index contributed by atoms with van der Waals surface area (Å²) in [6.07, 6.45) is 5.60. The number of nitrogens with zero attached hydrogens (tertiary/aromatic N) is 1. The molecule has 0 N–H and O–H groups in total. The summed E-state index contributed by atoms with van der Waals surface area (Å²) < 4.78 is 18.7. The van der Waals surface area contributed by atoms with Gasteiger partial charge >= 0.3 is 0 Å². The smallest absolute Gasteiger partial charge is 0.226 e. The fourth-order valence-corrected chi connectivity index (χ4v) is 3.90. The molecule has 3 atom stereocenters. The first-order valence-electron chi connectivity index (χ1n) is 7.93. The molecule has 1 saturated heterocycles. The van der Waals surface area contributed by atoms with Crippen LogP contribution in [0.2, 0.25) is 0 Å². The molecule has 1 aliphatic heterocycles. The zero-order valence-corrected chi connectivity index (χ0v) is 12.0. The molecule has 0 radical (unpaired) electrons. The maximum Gasteiger partial charge on any atom is 0.226 e. The van der Waals surface area contributed by atoms with E-state index in [0.29, 0.717) is 30.2 Å². The van der Waals surface area contributed by atoms with Crippen LogP contribution in [0.5, 0.6) is 5.75 Å². The van der Waals surface area contributed by atoms with E-state index in [4.69, 9.17) is 4.74 Å². The first kappa shape index (κ1) is 13.1. The van der Waals surface area contributed by atoms with Crippen LogP contribution >= 0.6 is 0 Å². The monoisotopic (exact) mass is 289 g/mol. The zero-order valence-electron chi connectivity index (χ0n) is 12.0. The van der Waals surface area contributed by atoms with Gasteiger partial charge in [0.05, 0.1) is 6.04 Å². The zero-order chi connectivity index (χ0) is 14.4. The number of ether oxygens (including phenoxy) is 1. The predicted octanol–water partition coefficient (Wildman–Crippen LogP) is 2.99. The number of amides is 1. The van der Waals surface area contributed by atoms with Crippen LogP contribution in [0.4, 0.5) is 4.39 Å². The van der Waals surface area contributed by atoms with Gasteiger partial charge in [-0.25, -0.2) is 4.39 Å². The highest BCUT2D eigenvalue weighted by molar-refractivity contribution is 5.82. The van der Waals surface area contributed by atoms with Gasteiger partial charge in [-0.05, 0) is 62.3 Å². The molecule has 0 spiro atoms. The van der Waals surface area contributed by atoms with Crippen molar-refractivity contribution in [3.63, 3.8) is 0 Å². The molecule has 2 bridgehead atoms. The molecular weight excluding hydrogens is 269 g/mol. The molecule has 2 saturated carbocycles. The second-order valence-electron chi connectivity index (χ2n) is 6.58. The molecule has 1 amide bonds. The number of benzene rings is 1. The van der Waals surface area contributed by atoms with Crippen LogP contribution in [0.1, 0.15) is 32.1 Å². The number of halogens is 1. The summed E-state index contributed by atoms with van der Waals surface area (Å²) in [6, 6.07) is 6.75. The van der Waals surface area contributed by atoms with Crippen LogP contribution in [-0.4, -0.2) is 29.5 Å². The lowest BCUT2D eigenvalue weighted by molar-refractivity contribution is -0.137. The van der Waals surface area contributed by atoms with Crippen molar-refractivity contribution in [3.05, 3.63) is 30.1 Å². The summed E-state index contributed by atoms with van der Waals surface area (Å²) >= 11 is 0. The highest BCUT2D eigenvalue weighted by Gasteiger charge is 2.50. The summed E-state index contributed by atoms with van der Waals surface area (Å²) in [7, 11) is 0. The maximum absolute atomic E-state index is 12.9. The van der Waals surface area contributed by atoms with E-state index in [-0.39, 0.29) is 17.8 Å². The highest BCUT2D eigenvalue weighted by Crippen LogP contribution is 2.45. The van der Waals surface area contributed by atoms with Crippen LogP contribution in [0.3, 0.4) is 0 Å². The van der Waals surface area contributed by atoms with Crippen LogP contribution in [0, 0.1) is 17.7 Å². The van der Waals surface area contributed by atoms with E-state index < -0.39 is 0 Å². The number of rotatable bonds is 4. The van der Waals surface area contributed by atoms with Crippen molar-refractivity contribution in [1.29, 1.82) is 0 Å². The van der Waals surface area contributed by atoms with Gasteiger partial charge in [0.1, 0.15) is 18.2 Å². The number of carbonyl (C=O) groups is 1.